The summed E-state index contributed by atoms with van der Waals surface area (Å²) in [5, 5.41) is 9.13. The van der Waals surface area contributed by atoms with Gasteiger partial charge in [0.05, 0.1) is 11.9 Å². The topological polar surface area (TPSA) is 65.7 Å². The van der Waals surface area contributed by atoms with Gasteiger partial charge in [0.1, 0.15) is 17.1 Å². The average Bonchev–Trinajstić information content (AvgIpc) is 2.45. The van der Waals surface area contributed by atoms with Crippen molar-refractivity contribution in [2.75, 3.05) is 18.0 Å². The fourth-order valence-electron chi connectivity index (χ4n) is 3.12. The van der Waals surface area contributed by atoms with E-state index >= 15 is 0 Å². The van der Waals surface area contributed by atoms with Crippen molar-refractivity contribution in [3.63, 3.8) is 0 Å². The molecule has 2 aromatic rings. The van der Waals surface area contributed by atoms with Crippen LogP contribution in [0.1, 0.15) is 26.0 Å². The van der Waals surface area contributed by atoms with E-state index in [1.807, 2.05) is 0 Å². The highest BCUT2D eigenvalue weighted by molar-refractivity contribution is 5.90. The lowest BCUT2D eigenvalue weighted by atomic mass is 9.91. The lowest BCUT2D eigenvalue weighted by Crippen LogP contribution is -2.39. The average molecular weight is 267 g/mol. The molecular weight excluding hydrogens is 250 g/mol. The number of hydrogen-bond acceptors (Lipinski definition) is 5. The van der Waals surface area contributed by atoms with Crippen LogP contribution in [0.3, 0.4) is 0 Å². The normalized spacial score (nSPS) is 22.8. The van der Waals surface area contributed by atoms with E-state index in [1.54, 1.807) is 18.6 Å². The Labute approximate surface area is 118 Å². The van der Waals surface area contributed by atoms with E-state index in [2.05, 4.69) is 39.8 Å². The summed E-state index contributed by atoms with van der Waals surface area (Å²) >= 11 is 0. The second-order valence-electron chi connectivity index (χ2n) is 5.71. The number of pyridine rings is 1. The predicted molar refractivity (Wildman–Crippen MR) is 77.2 cm³/mol. The molecule has 0 spiro atoms. The van der Waals surface area contributed by atoms with E-state index in [4.69, 9.17) is 5.26 Å². The lowest BCUT2D eigenvalue weighted by Gasteiger charge is -2.36. The second kappa shape index (κ2) is 5.04. The van der Waals surface area contributed by atoms with Crippen LogP contribution in [0.2, 0.25) is 0 Å². The van der Waals surface area contributed by atoms with Gasteiger partial charge in [-0.1, -0.05) is 13.8 Å². The molecule has 20 heavy (non-hydrogen) atoms. The van der Waals surface area contributed by atoms with Gasteiger partial charge in [-0.2, -0.15) is 5.26 Å². The first-order valence-electron chi connectivity index (χ1n) is 6.93. The highest BCUT2D eigenvalue weighted by Gasteiger charge is 2.24. The number of piperidine rings is 1. The Bertz CT molecular complexity index is 666. The van der Waals surface area contributed by atoms with Gasteiger partial charge in [0.25, 0.3) is 0 Å². The zero-order valence-corrected chi connectivity index (χ0v) is 11.7. The number of hydrogen-bond donors (Lipinski definition) is 0. The molecule has 2 aromatic heterocycles. The summed E-state index contributed by atoms with van der Waals surface area (Å²) in [6.45, 7) is 6.55. The summed E-state index contributed by atoms with van der Waals surface area (Å²) in [7, 11) is 0. The van der Waals surface area contributed by atoms with Crippen LogP contribution in [-0.2, 0) is 0 Å². The molecule has 1 saturated heterocycles. The Morgan fingerprint density at radius 2 is 1.75 bits per heavy atom. The van der Waals surface area contributed by atoms with Crippen molar-refractivity contribution in [3.05, 3.63) is 24.3 Å². The number of nitriles is 1. The molecule has 5 nitrogen and oxygen atoms in total. The van der Waals surface area contributed by atoms with Crippen LogP contribution in [0, 0.1) is 23.2 Å². The molecule has 1 fully saturated rings. The van der Waals surface area contributed by atoms with Crippen molar-refractivity contribution in [2.45, 2.75) is 20.3 Å². The zero-order valence-electron chi connectivity index (χ0n) is 11.7. The Morgan fingerprint density at radius 1 is 1.10 bits per heavy atom. The fraction of sp³-hybridized carbons (Fsp3) is 0.467. The van der Waals surface area contributed by atoms with Crippen LogP contribution in [0.25, 0.3) is 11.0 Å². The van der Waals surface area contributed by atoms with E-state index in [0.717, 1.165) is 24.3 Å². The molecule has 0 aliphatic carbocycles. The van der Waals surface area contributed by atoms with Gasteiger partial charge in [0.15, 0.2) is 5.69 Å². The summed E-state index contributed by atoms with van der Waals surface area (Å²) in [5.74, 6) is 1.31. The Balaban J connectivity index is 2.11. The van der Waals surface area contributed by atoms with Crippen molar-refractivity contribution < 1.29 is 0 Å². The molecule has 3 rings (SSSR count). The van der Waals surface area contributed by atoms with Crippen molar-refractivity contribution in [2.24, 2.45) is 11.8 Å². The summed E-state index contributed by atoms with van der Waals surface area (Å²) in [5.41, 5.74) is 2.71. The molecule has 2 atom stereocenters. The number of anilines is 1. The SMILES string of the molecule is CC1CC(C)CN(c2cnc(C#N)c3nccnc23)C1. The fourth-order valence-corrected chi connectivity index (χ4v) is 3.12. The van der Waals surface area contributed by atoms with Gasteiger partial charge < -0.3 is 4.90 Å². The van der Waals surface area contributed by atoms with Crippen LogP contribution in [0.4, 0.5) is 5.69 Å². The minimum Gasteiger partial charge on any atom is -0.368 e. The lowest BCUT2D eigenvalue weighted by molar-refractivity contribution is 0.357. The molecule has 0 saturated carbocycles. The van der Waals surface area contributed by atoms with Gasteiger partial charge in [-0.15, -0.1) is 0 Å². The van der Waals surface area contributed by atoms with Gasteiger partial charge >= 0.3 is 0 Å². The Hall–Kier alpha value is -2.22. The minimum atomic E-state index is 0.343. The summed E-state index contributed by atoms with van der Waals surface area (Å²) in [4.78, 5) is 15.3. The Kier molecular flexibility index (Phi) is 3.23. The van der Waals surface area contributed by atoms with Gasteiger partial charge in [-0.3, -0.25) is 4.98 Å². The predicted octanol–water partition coefficient (Wildman–Crippen LogP) is 2.38. The van der Waals surface area contributed by atoms with E-state index in [1.165, 1.54) is 6.42 Å². The third-order valence-corrected chi connectivity index (χ3v) is 3.80. The molecule has 1 aliphatic rings. The molecule has 2 unspecified atom stereocenters. The number of aromatic nitrogens is 3. The largest absolute Gasteiger partial charge is 0.368 e. The second-order valence-corrected chi connectivity index (χ2v) is 5.71. The quantitative estimate of drug-likeness (QED) is 0.793. The first-order valence-corrected chi connectivity index (χ1v) is 6.93. The van der Waals surface area contributed by atoms with Gasteiger partial charge in [0.2, 0.25) is 0 Å². The maximum absolute atomic E-state index is 9.13. The van der Waals surface area contributed by atoms with Crippen LogP contribution in [0.15, 0.2) is 18.6 Å². The first-order chi connectivity index (χ1) is 9.69. The highest BCUT2D eigenvalue weighted by Crippen LogP contribution is 2.30. The number of rotatable bonds is 1. The van der Waals surface area contributed by atoms with Gasteiger partial charge in [-0.05, 0) is 18.3 Å². The molecule has 5 heteroatoms. The summed E-state index contributed by atoms with van der Waals surface area (Å²) in [6, 6.07) is 2.09. The van der Waals surface area contributed by atoms with Crippen LogP contribution in [0.5, 0.6) is 0 Å². The van der Waals surface area contributed by atoms with E-state index in [9.17, 15) is 0 Å². The molecule has 0 radical (unpaired) electrons. The van der Waals surface area contributed by atoms with Crippen LogP contribution >= 0.6 is 0 Å². The molecule has 0 N–H and O–H groups in total. The van der Waals surface area contributed by atoms with E-state index in [-0.39, 0.29) is 0 Å². The molecule has 0 bridgehead atoms. The highest BCUT2D eigenvalue weighted by atomic mass is 15.2. The monoisotopic (exact) mass is 267 g/mol. The number of fused-ring (bicyclic) bond motifs is 1. The molecule has 1 aliphatic heterocycles. The van der Waals surface area contributed by atoms with Crippen molar-refractivity contribution >= 4 is 16.7 Å². The van der Waals surface area contributed by atoms with Crippen LogP contribution in [-0.4, -0.2) is 28.0 Å². The Morgan fingerprint density at radius 3 is 2.40 bits per heavy atom. The maximum atomic E-state index is 9.13. The molecular formula is C15H17N5. The number of nitrogens with zero attached hydrogens (tertiary/aromatic N) is 5. The molecule has 3 heterocycles. The first kappa shape index (κ1) is 12.8. The third kappa shape index (κ3) is 2.18. The van der Waals surface area contributed by atoms with Crippen molar-refractivity contribution in [3.8, 4) is 6.07 Å². The van der Waals surface area contributed by atoms with Crippen molar-refractivity contribution in [1.82, 2.24) is 15.0 Å². The maximum Gasteiger partial charge on any atom is 0.168 e. The van der Waals surface area contributed by atoms with Crippen LogP contribution < -0.4 is 4.90 Å². The molecule has 102 valence electrons. The van der Waals surface area contributed by atoms with Gasteiger partial charge in [-0.25, -0.2) is 9.97 Å². The standard InChI is InChI=1S/C15H17N5/c1-10-5-11(2)9-20(8-10)13-7-19-12(6-16)14-15(13)18-4-3-17-14/h3-4,7,10-11H,5,8-9H2,1-2H3. The molecule has 0 aromatic carbocycles. The summed E-state index contributed by atoms with van der Waals surface area (Å²) in [6.07, 6.45) is 6.30. The smallest absolute Gasteiger partial charge is 0.168 e. The van der Waals surface area contributed by atoms with E-state index in [0.29, 0.717) is 23.0 Å². The third-order valence-electron chi connectivity index (χ3n) is 3.80. The minimum absolute atomic E-state index is 0.343. The summed E-state index contributed by atoms with van der Waals surface area (Å²) < 4.78 is 0. The van der Waals surface area contributed by atoms with Crippen molar-refractivity contribution in [1.29, 1.82) is 5.26 Å². The van der Waals surface area contributed by atoms with E-state index < -0.39 is 0 Å². The molecule has 0 amide bonds. The van der Waals surface area contributed by atoms with Gasteiger partial charge in [0, 0.05) is 25.5 Å². The zero-order chi connectivity index (χ0) is 14.1.